The summed E-state index contributed by atoms with van der Waals surface area (Å²) < 4.78 is 8.36. The van der Waals surface area contributed by atoms with Crippen LogP contribution in [-0.4, -0.2) is 30.9 Å². The summed E-state index contributed by atoms with van der Waals surface area (Å²) in [6.07, 6.45) is 1.82. The van der Waals surface area contributed by atoms with Gasteiger partial charge in [0.25, 0.3) is 5.91 Å². The lowest BCUT2D eigenvalue weighted by atomic mass is 10.2. The number of rotatable bonds is 5. The van der Waals surface area contributed by atoms with E-state index < -0.39 is 0 Å². The lowest BCUT2D eigenvalue weighted by Gasteiger charge is -2.08. The van der Waals surface area contributed by atoms with Crippen LogP contribution in [0.5, 0.6) is 11.6 Å². The maximum absolute atomic E-state index is 12.5. The van der Waals surface area contributed by atoms with Crippen LogP contribution in [0.4, 0.5) is 5.69 Å². The van der Waals surface area contributed by atoms with Gasteiger partial charge in [0.2, 0.25) is 5.88 Å². The highest BCUT2D eigenvalue weighted by molar-refractivity contribution is 7.16. The molecule has 0 saturated carbocycles. The molecule has 0 aliphatic heterocycles. The predicted molar refractivity (Wildman–Crippen MR) is 118 cm³/mol. The van der Waals surface area contributed by atoms with Crippen molar-refractivity contribution in [3.63, 3.8) is 0 Å². The Morgan fingerprint density at radius 1 is 1.03 bits per heavy atom. The lowest BCUT2D eigenvalue weighted by Crippen LogP contribution is -2.11. The first-order valence-corrected chi connectivity index (χ1v) is 10.3. The Morgan fingerprint density at radius 3 is 2.65 bits per heavy atom. The van der Waals surface area contributed by atoms with E-state index >= 15 is 0 Å². The van der Waals surface area contributed by atoms with Gasteiger partial charge in [-0.1, -0.05) is 0 Å². The molecule has 0 spiro atoms. The zero-order valence-electron chi connectivity index (χ0n) is 16.4. The van der Waals surface area contributed by atoms with E-state index in [4.69, 9.17) is 4.74 Å². The van der Waals surface area contributed by atoms with Gasteiger partial charge in [0.1, 0.15) is 5.75 Å². The summed E-state index contributed by atoms with van der Waals surface area (Å²) in [6.45, 7) is 1.91. The molecule has 5 rings (SSSR count). The first-order valence-electron chi connectivity index (χ1n) is 9.43. The van der Waals surface area contributed by atoms with Crippen molar-refractivity contribution in [2.24, 2.45) is 0 Å². The Hall–Kier alpha value is -4.11. The molecule has 9 heteroatoms. The molecule has 0 unspecified atom stereocenters. The number of aryl methyl sites for hydroxylation is 1. The van der Waals surface area contributed by atoms with E-state index in [0.717, 1.165) is 15.9 Å². The topological polar surface area (TPSA) is 94.8 Å². The number of carbonyl (C=O) groups excluding carboxylic acids is 1. The molecule has 0 radical (unpaired) electrons. The van der Waals surface area contributed by atoms with Crippen molar-refractivity contribution in [1.29, 1.82) is 0 Å². The third-order valence-electron chi connectivity index (χ3n) is 4.51. The normalized spacial score (nSPS) is 10.9. The first-order chi connectivity index (χ1) is 15.1. The van der Waals surface area contributed by atoms with E-state index in [-0.39, 0.29) is 5.91 Å². The number of ether oxygens (including phenoxy) is 1. The van der Waals surface area contributed by atoms with Crippen LogP contribution in [0.25, 0.3) is 16.0 Å². The van der Waals surface area contributed by atoms with Crippen LogP contribution in [0.3, 0.4) is 0 Å². The molecule has 3 heterocycles. The second-order valence-electron chi connectivity index (χ2n) is 6.75. The molecular weight excluding hydrogens is 412 g/mol. The van der Waals surface area contributed by atoms with Crippen LogP contribution in [0.15, 0.2) is 72.4 Å². The standard InChI is InChI=1S/C22H16N6O2S/c1-14-10-11-28(27-14)20-8-9-21(26-25-20)30-17-5-3-16(4-6-17)24-22(29)15-2-7-18-19(12-15)31-13-23-18/h2-13H,1H3,(H,24,29). The van der Waals surface area contributed by atoms with Crippen molar-refractivity contribution in [1.82, 2.24) is 25.0 Å². The van der Waals surface area contributed by atoms with Gasteiger partial charge in [-0.05, 0) is 61.5 Å². The summed E-state index contributed by atoms with van der Waals surface area (Å²) in [5, 5.41) is 15.4. The zero-order valence-corrected chi connectivity index (χ0v) is 17.2. The highest BCUT2D eigenvalue weighted by Gasteiger charge is 2.09. The Labute approximate surface area is 181 Å². The number of anilines is 1. The van der Waals surface area contributed by atoms with Gasteiger partial charge in [0.15, 0.2) is 5.82 Å². The van der Waals surface area contributed by atoms with Gasteiger partial charge in [-0.25, -0.2) is 9.67 Å². The molecule has 0 aliphatic carbocycles. The van der Waals surface area contributed by atoms with Crippen LogP contribution in [-0.2, 0) is 0 Å². The average Bonchev–Trinajstić information content (AvgIpc) is 3.44. The molecule has 0 aliphatic rings. The van der Waals surface area contributed by atoms with Gasteiger partial charge in [0, 0.05) is 23.5 Å². The maximum Gasteiger partial charge on any atom is 0.255 e. The summed E-state index contributed by atoms with van der Waals surface area (Å²) in [6, 6.07) is 17.9. The number of aromatic nitrogens is 5. The summed E-state index contributed by atoms with van der Waals surface area (Å²) in [5.41, 5.74) is 4.80. The highest BCUT2D eigenvalue weighted by atomic mass is 32.1. The van der Waals surface area contributed by atoms with Crippen molar-refractivity contribution in [3.05, 3.63) is 83.6 Å². The van der Waals surface area contributed by atoms with Crippen molar-refractivity contribution in [2.75, 3.05) is 5.32 Å². The van der Waals surface area contributed by atoms with Crippen molar-refractivity contribution in [3.8, 4) is 17.4 Å². The molecule has 1 N–H and O–H groups in total. The van der Waals surface area contributed by atoms with Crippen LogP contribution >= 0.6 is 11.3 Å². The SMILES string of the molecule is Cc1ccn(-c2ccc(Oc3ccc(NC(=O)c4ccc5ncsc5c4)cc3)nn2)n1. The largest absolute Gasteiger partial charge is 0.438 e. The minimum atomic E-state index is -0.181. The fraction of sp³-hybridized carbons (Fsp3) is 0.0455. The monoisotopic (exact) mass is 428 g/mol. The molecule has 3 aromatic heterocycles. The summed E-state index contributed by atoms with van der Waals surface area (Å²) in [4.78, 5) is 16.7. The Morgan fingerprint density at radius 2 is 1.90 bits per heavy atom. The van der Waals surface area contributed by atoms with Crippen molar-refractivity contribution < 1.29 is 9.53 Å². The zero-order chi connectivity index (χ0) is 21.2. The Balaban J connectivity index is 1.24. The summed E-state index contributed by atoms with van der Waals surface area (Å²) >= 11 is 1.51. The molecule has 0 fully saturated rings. The molecule has 1 amide bonds. The number of thiazole rings is 1. The lowest BCUT2D eigenvalue weighted by molar-refractivity contribution is 0.102. The van der Waals surface area contributed by atoms with Crippen LogP contribution < -0.4 is 10.1 Å². The molecule has 2 aromatic carbocycles. The molecule has 0 bridgehead atoms. The summed E-state index contributed by atoms with van der Waals surface area (Å²) in [7, 11) is 0. The number of hydrogen-bond acceptors (Lipinski definition) is 7. The number of carbonyl (C=O) groups is 1. The van der Waals surface area contributed by atoms with E-state index in [9.17, 15) is 4.79 Å². The van der Waals surface area contributed by atoms with Gasteiger partial charge < -0.3 is 10.1 Å². The van der Waals surface area contributed by atoms with E-state index in [0.29, 0.717) is 28.7 Å². The summed E-state index contributed by atoms with van der Waals surface area (Å²) in [5.74, 6) is 1.37. The molecular formula is C22H16N6O2S. The van der Waals surface area contributed by atoms with Gasteiger partial charge in [-0.15, -0.1) is 21.5 Å². The predicted octanol–water partition coefficient (Wildman–Crippen LogP) is 4.63. The van der Waals surface area contributed by atoms with E-state index in [2.05, 4.69) is 25.6 Å². The van der Waals surface area contributed by atoms with Gasteiger partial charge >= 0.3 is 0 Å². The fourth-order valence-corrected chi connectivity index (χ4v) is 3.68. The first kappa shape index (κ1) is 18.9. The Bertz CT molecular complexity index is 1360. The van der Waals surface area contributed by atoms with Crippen LogP contribution in [0.2, 0.25) is 0 Å². The Kier molecular flexibility index (Phi) is 4.85. The van der Waals surface area contributed by atoms with E-state index in [1.807, 2.05) is 31.3 Å². The van der Waals surface area contributed by atoms with Gasteiger partial charge in [-0.3, -0.25) is 4.79 Å². The van der Waals surface area contributed by atoms with E-state index in [1.54, 1.807) is 52.7 Å². The molecule has 31 heavy (non-hydrogen) atoms. The number of hydrogen-bond donors (Lipinski definition) is 1. The van der Waals surface area contributed by atoms with Crippen molar-refractivity contribution in [2.45, 2.75) is 6.92 Å². The quantitative estimate of drug-likeness (QED) is 0.439. The number of nitrogens with one attached hydrogen (secondary N) is 1. The van der Waals surface area contributed by atoms with Gasteiger partial charge in [-0.2, -0.15) is 5.10 Å². The van der Waals surface area contributed by atoms with Crippen molar-refractivity contribution >= 4 is 33.1 Å². The molecule has 5 aromatic rings. The average molecular weight is 428 g/mol. The van der Waals surface area contributed by atoms with E-state index in [1.165, 1.54) is 11.3 Å². The minimum absolute atomic E-state index is 0.181. The highest BCUT2D eigenvalue weighted by Crippen LogP contribution is 2.23. The second kappa shape index (κ2) is 7.96. The third kappa shape index (κ3) is 4.12. The maximum atomic E-state index is 12.5. The van der Waals surface area contributed by atoms with Gasteiger partial charge in [0.05, 0.1) is 21.4 Å². The van der Waals surface area contributed by atoms with Crippen LogP contribution in [0.1, 0.15) is 16.1 Å². The fourth-order valence-electron chi connectivity index (χ4n) is 2.96. The number of amides is 1. The molecule has 152 valence electrons. The number of benzene rings is 2. The molecule has 0 atom stereocenters. The molecule has 8 nitrogen and oxygen atoms in total. The minimum Gasteiger partial charge on any atom is -0.438 e. The van der Waals surface area contributed by atoms with Crippen LogP contribution in [0, 0.1) is 6.92 Å². The number of nitrogens with zero attached hydrogens (tertiary/aromatic N) is 5. The number of fused-ring (bicyclic) bond motifs is 1. The third-order valence-corrected chi connectivity index (χ3v) is 5.30. The smallest absolute Gasteiger partial charge is 0.255 e. The molecule has 0 saturated heterocycles. The second-order valence-corrected chi connectivity index (χ2v) is 7.63.